The fourth-order valence-corrected chi connectivity index (χ4v) is 7.22. The third-order valence-corrected chi connectivity index (χ3v) is 10.6. The number of benzene rings is 3. The molecule has 2 aliphatic heterocycles. The highest BCUT2D eigenvalue weighted by Gasteiger charge is 2.50. The highest BCUT2D eigenvalue weighted by Crippen LogP contribution is 2.59. The second-order valence-electron chi connectivity index (χ2n) is 13.4. The van der Waals surface area contributed by atoms with Gasteiger partial charge in [0.15, 0.2) is 5.78 Å². The Balaban J connectivity index is 1.32. The molecule has 0 saturated carbocycles. The Hall–Kier alpha value is -4.55. The first-order valence-electron chi connectivity index (χ1n) is 17.0. The smallest absolute Gasteiger partial charge is 0.372 e. The van der Waals surface area contributed by atoms with Crippen LogP contribution in [0.5, 0.6) is 0 Å². The zero-order chi connectivity index (χ0) is 37.8. The van der Waals surface area contributed by atoms with Crippen molar-refractivity contribution in [2.45, 2.75) is 82.8 Å². The lowest BCUT2D eigenvalue weighted by Gasteiger charge is -2.31. The lowest BCUT2D eigenvalue weighted by Crippen LogP contribution is -2.54. The van der Waals surface area contributed by atoms with Gasteiger partial charge in [-0.05, 0) is 67.0 Å². The minimum atomic E-state index is -5.74. The van der Waals surface area contributed by atoms with Gasteiger partial charge in [-0.2, -0.15) is 8.78 Å². The van der Waals surface area contributed by atoms with Crippen LogP contribution in [0.15, 0.2) is 78.9 Å². The molecule has 0 spiro atoms. The predicted molar refractivity (Wildman–Crippen MR) is 190 cm³/mol. The van der Waals surface area contributed by atoms with Gasteiger partial charge in [-0.3, -0.25) is 28.6 Å². The summed E-state index contributed by atoms with van der Waals surface area (Å²) in [5.41, 5.74) is 4.35. The number of nitrogens with two attached hydrogens (primary N) is 1. The standard InChI is InChI=1S/C38H42F2N3O8P/c1-23(26-13-15-30(16-14-26)38(39,40)52(48,49)50)19-31(44)20-29-12-11-27-9-6-10-28-21-33(43(35(27)28)37(29)47)36(46)42-32(17-18-34(41)45)24(2)51-22-25-7-4-3-5-8-25/h3-10,13-16,19,24,29,32-33H,11-12,17-18,20-22H2,1-2H3,(H2,41,45)(H,42,46)(H2,48,49,50)/b23-19+/t24-,29-,32+,33+/m1/s1. The van der Waals surface area contributed by atoms with Gasteiger partial charge in [0.2, 0.25) is 17.7 Å². The zero-order valence-electron chi connectivity index (χ0n) is 28.8. The molecule has 276 valence electrons. The highest BCUT2D eigenvalue weighted by atomic mass is 31.2. The van der Waals surface area contributed by atoms with E-state index in [1.807, 2.05) is 48.5 Å². The number of ketones is 1. The van der Waals surface area contributed by atoms with Crippen LogP contribution in [0.4, 0.5) is 14.5 Å². The van der Waals surface area contributed by atoms with Crippen molar-refractivity contribution < 1.29 is 47.0 Å². The molecule has 5 rings (SSSR count). The van der Waals surface area contributed by atoms with E-state index >= 15 is 0 Å². The van der Waals surface area contributed by atoms with Gasteiger partial charge in [-0.15, -0.1) is 0 Å². The Morgan fingerprint density at radius 2 is 1.73 bits per heavy atom. The maximum absolute atomic E-state index is 14.2. The summed E-state index contributed by atoms with van der Waals surface area (Å²) in [6.45, 7) is 3.68. The molecule has 3 aromatic rings. The number of anilines is 1. The largest absolute Gasteiger partial charge is 0.399 e. The lowest BCUT2D eigenvalue weighted by atomic mass is 9.92. The molecule has 0 aliphatic carbocycles. The predicted octanol–water partition coefficient (Wildman–Crippen LogP) is 5.15. The van der Waals surface area contributed by atoms with E-state index in [1.165, 1.54) is 23.1 Å². The van der Waals surface area contributed by atoms with E-state index in [9.17, 15) is 32.5 Å². The fraction of sp³-hybridized carbons (Fsp3) is 0.368. The Bertz CT molecular complexity index is 1900. The summed E-state index contributed by atoms with van der Waals surface area (Å²) in [5, 5.41) is 3.02. The first-order chi connectivity index (χ1) is 24.6. The van der Waals surface area contributed by atoms with E-state index in [2.05, 4.69) is 5.32 Å². The average Bonchev–Trinajstić information content (AvgIpc) is 3.44. The molecule has 3 amide bonds. The Morgan fingerprint density at radius 3 is 2.38 bits per heavy atom. The van der Waals surface area contributed by atoms with Crippen LogP contribution in [0.3, 0.4) is 0 Å². The molecule has 0 fully saturated rings. The average molecular weight is 738 g/mol. The fourth-order valence-electron chi connectivity index (χ4n) is 6.74. The molecule has 0 aromatic heterocycles. The number of aryl methyl sites for hydroxylation is 1. The molecule has 2 heterocycles. The summed E-state index contributed by atoms with van der Waals surface area (Å²) < 4.78 is 45.5. The minimum absolute atomic E-state index is 0.0167. The van der Waals surface area contributed by atoms with Crippen molar-refractivity contribution in [3.8, 4) is 0 Å². The molecule has 11 nitrogen and oxygen atoms in total. The van der Waals surface area contributed by atoms with Gasteiger partial charge >= 0.3 is 13.3 Å². The van der Waals surface area contributed by atoms with Gasteiger partial charge in [0, 0.05) is 30.7 Å². The van der Waals surface area contributed by atoms with Gasteiger partial charge < -0.3 is 25.6 Å². The number of amides is 3. The third-order valence-electron chi connectivity index (χ3n) is 9.65. The number of carbonyl (C=O) groups excluding carboxylic acids is 4. The number of carbonyl (C=O) groups is 4. The van der Waals surface area contributed by atoms with Gasteiger partial charge in [0.1, 0.15) is 6.04 Å². The van der Waals surface area contributed by atoms with Crippen LogP contribution in [0.2, 0.25) is 0 Å². The van der Waals surface area contributed by atoms with E-state index in [0.29, 0.717) is 29.7 Å². The topological polar surface area (TPSA) is 176 Å². The van der Waals surface area contributed by atoms with Crippen molar-refractivity contribution in [3.63, 3.8) is 0 Å². The quantitative estimate of drug-likeness (QED) is 0.122. The summed E-state index contributed by atoms with van der Waals surface area (Å²) >= 11 is 0. The van der Waals surface area contributed by atoms with Crippen LogP contribution in [-0.4, -0.2) is 51.5 Å². The SMILES string of the molecule is C/C(=C\C(=O)C[C@H]1CCc2cccc3c2N(C1=O)[C@H](C(=O)N[C@@H](CCC(N)=O)[C@@H](C)OCc1ccccc1)C3)c1ccc(C(F)(F)P(=O)(O)O)cc1. The molecule has 0 unspecified atom stereocenters. The maximum atomic E-state index is 14.2. The maximum Gasteiger partial charge on any atom is 0.399 e. The number of ether oxygens (including phenoxy) is 1. The molecule has 14 heteroatoms. The molecular weight excluding hydrogens is 695 g/mol. The summed E-state index contributed by atoms with van der Waals surface area (Å²) in [6.07, 6.45) is 2.01. The number of nitrogens with zero attached hydrogens (tertiary/aromatic N) is 1. The van der Waals surface area contributed by atoms with Crippen molar-refractivity contribution in [1.29, 1.82) is 0 Å². The van der Waals surface area contributed by atoms with Crippen LogP contribution in [-0.2, 0) is 53.6 Å². The first-order valence-corrected chi connectivity index (χ1v) is 18.6. The number of rotatable bonds is 15. The van der Waals surface area contributed by atoms with E-state index in [0.717, 1.165) is 28.8 Å². The Morgan fingerprint density at radius 1 is 1.06 bits per heavy atom. The van der Waals surface area contributed by atoms with E-state index in [4.69, 9.17) is 20.3 Å². The second-order valence-corrected chi connectivity index (χ2v) is 15.0. The van der Waals surface area contributed by atoms with Gasteiger partial charge in [-0.1, -0.05) is 72.8 Å². The lowest BCUT2D eigenvalue weighted by molar-refractivity contribution is -0.130. The van der Waals surface area contributed by atoms with E-state index in [1.54, 1.807) is 13.8 Å². The number of allylic oxidation sites excluding steroid dienone is 2. The van der Waals surface area contributed by atoms with Crippen molar-refractivity contribution >= 4 is 42.4 Å². The number of primary amides is 1. The number of alkyl halides is 2. The summed E-state index contributed by atoms with van der Waals surface area (Å²) in [4.78, 5) is 72.9. The molecule has 0 radical (unpaired) electrons. The second kappa shape index (κ2) is 16.0. The molecule has 5 N–H and O–H groups in total. The molecule has 0 bridgehead atoms. The van der Waals surface area contributed by atoms with Crippen LogP contribution in [0.25, 0.3) is 5.57 Å². The molecule has 3 aromatic carbocycles. The molecule has 0 saturated heterocycles. The van der Waals surface area contributed by atoms with Crippen LogP contribution < -0.4 is 16.0 Å². The van der Waals surface area contributed by atoms with Crippen molar-refractivity contribution in [1.82, 2.24) is 5.32 Å². The molecular formula is C38H42F2N3O8P. The van der Waals surface area contributed by atoms with Crippen LogP contribution in [0, 0.1) is 5.92 Å². The van der Waals surface area contributed by atoms with Gasteiger partial charge in [0.25, 0.3) is 0 Å². The summed E-state index contributed by atoms with van der Waals surface area (Å²) in [6, 6.07) is 18.0. The zero-order valence-corrected chi connectivity index (χ0v) is 29.7. The molecule has 2 aliphatic rings. The first kappa shape index (κ1) is 38.7. The van der Waals surface area contributed by atoms with E-state index in [-0.39, 0.29) is 44.0 Å². The van der Waals surface area contributed by atoms with Gasteiger partial charge in [-0.25, -0.2) is 0 Å². The monoisotopic (exact) mass is 737 g/mol. The summed E-state index contributed by atoms with van der Waals surface area (Å²) in [5.74, 6) is -2.45. The molecule has 52 heavy (non-hydrogen) atoms. The minimum Gasteiger partial charge on any atom is -0.372 e. The third kappa shape index (κ3) is 8.73. The number of nitrogens with one attached hydrogen (secondary N) is 1. The van der Waals surface area contributed by atoms with Crippen molar-refractivity contribution in [3.05, 3.63) is 107 Å². The normalized spacial score (nSPS) is 18.7. The molecule has 4 atom stereocenters. The number of hydrogen-bond acceptors (Lipinski definition) is 6. The Labute approximate surface area is 300 Å². The van der Waals surface area contributed by atoms with E-state index < -0.39 is 54.7 Å². The van der Waals surface area contributed by atoms with Crippen molar-refractivity contribution in [2.75, 3.05) is 4.90 Å². The van der Waals surface area contributed by atoms with Crippen LogP contribution in [0.1, 0.15) is 67.3 Å². The van der Waals surface area contributed by atoms with Crippen LogP contribution >= 0.6 is 7.60 Å². The number of hydrogen-bond donors (Lipinski definition) is 4. The number of para-hydroxylation sites is 1. The highest BCUT2D eigenvalue weighted by molar-refractivity contribution is 7.52. The number of halogens is 2. The van der Waals surface area contributed by atoms with Crippen molar-refractivity contribution in [2.24, 2.45) is 11.7 Å². The van der Waals surface area contributed by atoms with Gasteiger partial charge in [0.05, 0.1) is 24.4 Å². The Kier molecular flexibility index (Phi) is 11.9. The summed E-state index contributed by atoms with van der Waals surface area (Å²) in [7, 11) is -5.74.